The van der Waals surface area contributed by atoms with E-state index >= 15 is 0 Å². The van der Waals surface area contributed by atoms with Gasteiger partial charge in [-0.25, -0.2) is 5.43 Å². The zero-order valence-corrected chi connectivity index (χ0v) is 17.7. The van der Waals surface area contributed by atoms with Gasteiger partial charge in [0.05, 0.1) is 5.71 Å². The number of carbonyl (C=O) groups is 2. The highest BCUT2D eigenvalue weighted by atomic mass is 35.5. The predicted molar refractivity (Wildman–Crippen MR) is 121 cm³/mol. The van der Waals surface area contributed by atoms with E-state index in [0.717, 1.165) is 16.7 Å². The van der Waals surface area contributed by atoms with E-state index in [4.69, 9.17) is 16.3 Å². The third-order valence-corrected chi connectivity index (χ3v) is 4.67. The molecular weight excluding hydrogens is 414 g/mol. The maximum Gasteiger partial charge on any atom is 0.329 e. The fourth-order valence-electron chi connectivity index (χ4n) is 2.65. The van der Waals surface area contributed by atoms with Crippen molar-refractivity contribution in [3.63, 3.8) is 0 Å². The van der Waals surface area contributed by atoms with Gasteiger partial charge >= 0.3 is 11.8 Å². The largest absolute Gasteiger partial charge is 0.489 e. The minimum absolute atomic E-state index is 0.271. The second-order valence-electron chi connectivity index (χ2n) is 6.75. The summed E-state index contributed by atoms with van der Waals surface area (Å²) >= 11 is 5.88. The van der Waals surface area contributed by atoms with Gasteiger partial charge in [-0.2, -0.15) is 5.10 Å². The van der Waals surface area contributed by atoms with Crippen molar-refractivity contribution in [2.24, 2.45) is 5.10 Å². The van der Waals surface area contributed by atoms with Gasteiger partial charge in [-0.05, 0) is 60.0 Å². The molecule has 3 rings (SSSR count). The molecule has 31 heavy (non-hydrogen) atoms. The monoisotopic (exact) mass is 435 g/mol. The minimum Gasteiger partial charge on any atom is -0.489 e. The van der Waals surface area contributed by atoms with Gasteiger partial charge in [-0.15, -0.1) is 0 Å². The number of hydrogen-bond acceptors (Lipinski definition) is 4. The van der Waals surface area contributed by atoms with E-state index in [0.29, 0.717) is 23.1 Å². The first-order chi connectivity index (χ1) is 15.0. The van der Waals surface area contributed by atoms with E-state index in [1.54, 1.807) is 6.92 Å². The van der Waals surface area contributed by atoms with Crippen LogP contribution in [0, 0.1) is 0 Å². The standard InChI is InChI=1S/C24H22ClN3O3/c1-17(27-28-24(30)23(29)26-15-18-5-3-2-4-6-18)20-9-13-22(14-10-20)31-16-19-7-11-21(25)12-8-19/h2-14H,15-16H2,1H3,(H,26,29)(H,28,30)/b27-17+. The topological polar surface area (TPSA) is 79.8 Å². The van der Waals surface area contributed by atoms with E-state index in [2.05, 4.69) is 15.8 Å². The molecule has 3 aromatic carbocycles. The lowest BCUT2D eigenvalue weighted by Crippen LogP contribution is -2.37. The number of nitrogens with zero attached hydrogens (tertiary/aromatic N) is 1. The average Bonchev–Trinajstić information content (AvgIpc) is 2.81. The molecule has 0 aliphatic rings. The molecule has 158 valence electrons. The molecular formula is C24H22ClN3O3. The normalized spacial score (nSPS) is 11.0. The SMILES string of the molecule is C/C(=N\NC(=O)C(=O)NCc1ccccc1)c1ccc(OCc2ccc(Cl)cc2)cc1. The maximum absolute atomic E-state index is 11.9. The van der Waals surface area contributed by atoms with Crippen LogP contribution in [-0.2, 0) is 22.7 Å². The molecule has 0 bridgehead atoms. The minimum atomic E-state index is -0.821. The third-order valence-electron chi connectivity index (χ3n) is 4.42. The number of hydrogen-bond donors (Lipinski definition) is 2. The lowest BCUT2D eigenvalue weighted by atomic mass is 10.1. The van der Waals surface area contributed by atoms with Crippen molar-refractivity contribution in [1.82, 2.24) is 10.7 Å². The molecule has 0 saturated carbocycles. The molecule has 2 amide bonds. The van der Waals surface area contributed by atoms with Gasteiger partial charge in [-0.3, -0.25) is 9.59 Å². The number of hydrazone groups is 1. The summed E-state index contributed by atoms with van der Waals surface area (Å²) in [7, 11) is 0. The second kappa shape index (κ2) is 10.9. The van der Waals surface area contributed by atoms with Crippen molar-refractivity contribution in [3.8, 4) is 5.75 Å². The zero-order valence-electron chi connectivity index (χ0n) is 17.0. The lowest BCUT2D eigenvalue weighted by Gasteiger charge is -2.08. The van der Waals surface area contributed by atoms with Crippen LogP contribution < -0.4 is 15.5 Å². The summed E-state index contributed by atoms with van der Waals surface area (Å²) in [5.74, 6) is -0.861. The summed E-state index contributed by atoms with van der Waals surface area (Å²) in [6.07, 6.45) is 0. The highest BCUT2D eigenvalue weighted by Gasteiger charge is 2.12. The fourth-order valence-corrected chi connectivity index (χ4v) is 2.77. The first kappa shape index (κ1) is 22.1. The van der Waals surface area contributed by atoms with Crippen LogP contribution in [0.4, 0.5) is 0 Å². The smallest absolute Gasteiger partial charge is 0.329 e. The second-order valence-corrected chi connectivity index (χ2v) is 7.18. The van der Waals surface area contributed by atoms with Crippen LogP contribution in [-0.4, -0.2) is 17.5 Å². The summed E-state index contributed by atoms with van der Waals surface area (Å²) in [5.41, 5.74) is 5.55. The third kappa shape index (κ3) is 6.97. The lowest BCUT2D eigenvalue weighted by molar-refractivity contribution is -0.139. The van der Waals surface area contributed by atoms with Gasteiger partial charge in [0.1, 0.15) is 12.4 Å². The summed E-state index contributed by atoms with van der Waals surface area (Å²) in [4.78, 5) is 23.8. The van der Waals surface area contributed by atoms with Crippen molar-refractivity contribution in [2.75, 3.05) is 0 Å². The Morgan fingerprint density at radius 1 is 0.871 bits per heavy atom. The number of carbonyl (C=O) groups excluding carboxylic acids is 2. The Morgan fingerprint density at radius 3 is 2.23 bits per heavy atom. The van der Waals surface area contributed by atoms with Crippen LogP contribution in [0.25, 0.3) is 0 Å². The summed E-state index contributed by atoms with van der Waals surface area (Å²) in [6.45, 7) is 2.44. The van der Waals surface area contributed by atoms with Crippen molar-refractivity contribution < 1.29 is 14.3 Å². The van der Waals surface area contributed by atoms with Crippen LogP contribution in [0.2, 0.25) is 5.02 Å². The van der Waals surface area contributed by atoms with E-state index in [1.165, 1.54) is 0 Å². The number of ether oxygens (including phenoxy) is 1. The van der Waals surface area contributed by atoms with Gasteiger partial charge < -0.3 is 10.1 Å². The molecule has 3 aromatic rings. The van der Waals surface area contributed by atoms with Crippen LogP contribution in [0.3, 0.4) is 0 Å². The molecule has 7 heteroatoms. The van der Waals surface area contributed by atoms with Crippen LogP contribution in [0.15, 0.2) is 84.0 Å². The molecule has 0 heterocycles. The van der Waals surface area contributed by atoms with Gasteiger partial charge in [0.2, 0.25) is 0 Å². The van der Waals surface area contributed by atoms with Crippen molar-refractivity contribution in [3.05, 3.63) is 101 Å². The number of nitrogens with one attached hydrogen (secondary N) is 2. The van der Waals surface area contributed by atoms with E-state index in [-0.39, 0.29) is 6.54 Å². The highest BCUT2D eigenvalue weighted by molar-refractivity contribution is 6.35. The fraction of sp³-hybridized carbons (Fsp3) is 0.125. The van der Waals surface area contributed by atoms with Gasteiger partial charge in [0.15, 0.2) is 0 Å². The molecule has 0 fully saturated rings. The van der Waals surface area contributed by atoms with Crippen molar-refractivity contribution >= 4 is 29.1 Å². The molecule has 0 unspecified atom stereocenters. The number of benzene rings is 3. The molecule has 2 N–H and O–H groups in total. The molecule has 6 nitrogen and oxygen atoms in total. The predicted octanol–water partition coefficient (Wildman–Crippen LogP) is 4.08. The molecule has 0 atom stereocenters. The molecule has 0 radical (unpaired) electrons. The van der Waals surface area contributed by atoms with E-state index in [1.807, 2.05) is 78.9 Å². The molecule has 0 spiro atoms. The average molecular weight is 436 g/mol. The molecule has 0 aliphatic carbocycles. The number of rotatable bonds is 7. The summed E-state index contributed by atoms with van der Waals surface area (Å²) in [6, 6.07) is 24.1. The maximum atomic E-state index is 11.9. The van der Waals surface area contributed by atoms with E-state index < -0.39 is 11.8 Å². The van der Waals surface area contributed by atoms with E-state index in [9.17, 15) is 9.59 Å². The molecule has 0 aromatic heterocycles. The number of halogens is 1. The van der Waals surface area contributed by atoms with Crippen LogP contribution in [0.1, 0.15) is 23.6 Å². The van der Waals surface area contributed by atoms with Crippen LogP contribution in [0.5, 0.6) is 5.75 Å². The quantitative estimate of drug-likeness (QED) is 0.333. The zero-order chi connectivity index (χ0) is 22.1. The summed E-state index contributed by atoms with van der Waals surface area (Å²) in [5, 5.41) is 7.24. The summed E-state index contributed by atoms with van der Waals surface area (Å²) < 4.78 is 5.75. The Bertz CT molecular complexity index is 1050. The molecule has 0 aliphatic heterocycles. The first-order valence-corrected chi connectivity index (χ1v) is 10.0. The highest BCUT2D eigenvalue weighted by Crippen LogP contribution is 2.16. The Kier molecular flexibility index (Phi) is 7.79. The van der Waals surface area contributed by atoms with Gasteiger partial charge in [0, 0.05) is 11.6 Å². The van der Waals surface area contributed by atoms with Crippen LogP contribution >= 0.6 is 11.6 Å². The van der Waals surface area contributed by atoms with Crippen molar-refractivity contribution in [2.45, 2.75) is 20.1 Å². The van der Waals surface area contributed by atoms with Gasteiger partial charge in [0.25, 0.3) is 0 Å². The van der Waals surface area contributed by atoms with Crippen molar-refractivity contribution in [1.29, 1.82) is 0 Å². The Morgan fingerprint density at radius 2 is 1.55 bits per heavy atom. The van der Waals surface area contributed by atoms with Gasteiger partial charge in [-0.1, -0.05) is 54.1 Å². The Labute approximate surface area is 185 Å². The molecule has 0 saturated heterocycles. The Hall–Kier alpha value is -3.64. The Balaban J connectivity index is 1.48. The first-order valence-electron chi connectivity index (χ1n) is 9.65. The number of amides is 2.